The number of amides is 3. The third kappa shape index (κ3) is 4.42. The standard InChI is InChI=1S/C21H24FN3O3/c1-3-24(17-8-10-19(11-9-17)28-4-2)21(27)23-16-13-20(26)25(14-16)18-7-5-6-15(22)12-18/h5-12,16H,3-4,13-14H2,1-2H3,(H,23,27)/t16-/m1/s1. The van der Waals surface area contributed by atoms with Gasteiger partial charge in [-0.2, -0.15) is 0 Å². The lowest BCUT2D eigenvalue weighted by Gasteiger charge is -2.24. The van der Waals surface area contributed by atoms with Crippen LogP contribution in [0.15, 0.2) is 48.5 Å². The van der Waals surface area contributed by atoms with Crippen molar-refractivity contribution in [2.45, 2.75) is 26.3 Å². The molecule has 1 N–H and O–H groups in total. The molecule has 0 aliphatic carbocycles. The first kappa shape index (κ1) is 19.7. The molecule has 1 fully saturated rings. The second kappa shape index (κ2) is 8.73. The van der Waals surface area contributed by atoms with Crippen molar-refractivity contribution >= 4 is 23.3 Å². The van der Waals surface area contributed by atoms with Gasteiger partial charge < -0.3 is 15.0 Å². The molecule has 0 spiro atoms. The molecule has 28 heavy (non-hydrogen) atoms. The number of hydrogen-bond acceptors (Lipinski definition) is 3. The third-order valence-corrected chi connectivity index (χ3v) is 4.59. The number of carbonyl (C=O) groups is 2. The summed E-state index contributed by atoms with van der Waals surface area (Å²) in [6, 6.07) is 12.6. The molecule has 1 heterocycles. The van der Waals surface area contributed by atoms with Crippen LogP contribution < -0.4 is 19.9 Å². The highest BCUT2D eigenvalue weighted by Gasteiger charge is 2.32. The van der Waals surface area contributed by atoms with E-state index >= 15 is 0 Å². The van der Waals surface area contributed by atoms with Crippen LogP contribution in [-0.4, -0.2) is 37.7 Å². The maximum atomic E-state index is 13.4. The maximum Gasteiger partial charge on any atom is 0.322 e. The highest BCUT2D eigenvalue weighted by molar-refractivity contribution is 5.98. The van der Waals surface area contributed by atoms with Crippen molar-refractivity contribution in [2.75, 3.05) is 29.5 Å². The Bertz CT molecular complexity index is 841. The third-order valence-electron chi connectivity index (χ3n) is 4.59. The Kier molecular flexibility index (Phi) is 6.13. The second-order valence-electron chi connectivity index (χ2n) is 6.51. The number of urea groups is 1. The van der Waals surface area contributed by atoms with Gasteiger partial charge in [-0.05, 0) is 56.3 Å². The van der Waals surface area contributed by atoms with Crippen molar-refractivity contribution in [3.8, 4) is 5.75 Å². The molecular formula is C21H24FN3O3. The highest BCUT2D eigenvalue weighted by atomic mass is 19.1. The molecule has 1 atom stereocenters. The van der Waals surface area contributed by atoms with Gasteiger partial charge in [-0.15, -0.1) is 0 Å². The number of ether oxygens (including phenoxy) is 1. The molecule has 6 nitrogen and oxygen atoms in total. The molecule has 148 valence electrons. The number of nitrogens with zero attached hydrogens (tertiary/aromatic N) is 2. The molecule has 1 aliphatic heterocycles. The molecular weight excluding hydrogens is 361 g/mol. The summed E-state index contributed by atoms with van der Waals surface area (Å²) in [6.45, 7) is 5.17. The van der Waals surface area contributed by atoms with Crippen LogP contribution in [0.3, 0.4) is 0 Å². The van der Waals surface area contributed by atoms with Crippen LogP contribution in [0, 0.1) is 5.82 Å². The predicted molar refractivity (Wildman–Crippen MR) is 106 cm³/mol. The fourth-order valence-corrected chi connectivity index (χ4v) is 3.28. The van der Waals surface area contributed by atoms with Crippen LogP contribution in [0.2, 0.25) is 0 Å². The van der Waals surface area contributed by atoms with Crippen molar-refractivity contribution in [1.82, 2.24) is 5.32 Å². The number of nitrogens with one attached hydrogen (secondary N) is 1. The first-order valence-electron chi connectivity index (χ1n) is 9.38. The molecule has 1 aliphatic rings. The Hall–Kier alpha value is -3.09. The lowest BCUT2D eigenvalue weighted by molar-refractivity contribution is -0.117. The Morgan fingerprint density at radius 2 is 2.00 bits per heavy atom. The van der Waals surface area contributed by atoms with Crippen LogP contribution in [0.4, 0.5) is 20.6 Å². The highest BCUT2D eigenvalue weighted by Crippen LogP contribution is 2.23. The van der Waals surface area contributed by atoms with Crippen LogP contribution >= 0.6 is 0 Å². The summed E-state index contributed by atoms with van der Waals surface area (Å²) in [6.07, 6.45) is 0.184. The Morgan fingerprint density at radius 1 is 1.25 bits per heavy atom. The van der Waals surface area contributed by atoms with E-state index in [-0.39, 0.29) is 24.4 Å². The van der Waals surface area contributed by atoms with Crippen molar-refractivity contribution in [3.05, 3.63) is 54.3 Å². The number of anilines is 2. The molecule has 0 aromatic heterocycles. The first-order valence-corrected chi connectivity index (χ1v) is 9.38. The molecule has 0 bridgehead atoms. The van der Waals surface area contributed by atoms with Gasteiger partial charge in [0.05, 0.1) is 12.6 Å². The van der Waals surface area contributed by atoms with Gasteiger partial charge in [0.1, 0.15) is 11.6 Å². The largest absolute Gasteiger partial charge is 0.494 e. The van der Waals surface area contributed by atoms with Crippen molar-refractivity contribution in [1.29, 1.82) is 0 Å². The summed E-state index contributed by atoms with van der Waals surface area (Å²) in [7, 11) is 0. The summed E-state index contributed by atoms with van der Waals surface area (Å²) in [4.78, 5) is 28.2. The van der Waals surface area contributed by atoms with Crippen LogP contribution in [-0.2, 0) is 4.79 Å². The van der Waals surface area contributed by atoms with E-state index in [0.717, 1.165) is 11.4 Å². The lowest BCUT2D eigenvalue weighted by Crippen LogP contribution is -2.46. The van der Waals surface area contributed by atoms with E-state index in [9.17, 15) is 14.0 Å². The topological polar surface area (TPSA) is 61.9 Å². The van der Waals surface area contributed by atoms with Gasteiger partial charge in [0.2, 0.25) is 5.91 Å². The zero-order valence-electron chi connectivity index (χ0n) is 16.0. The van der Waals surface area contributed by atoms with E-state index < -0.39 is 5.82 Å². The summed E-state index contributed by atoms with van der Waals surface area (Å²) in [5, 5.41) is 2.91. The summed E-state index contributed by atoms with van der Waals surface area (Å²) >= 11 is 0. The monoisotopic (exact) mass is 385 g/mol. The van der Waals surface area contributed by atoms with E-state index in [1.807, 2.05) is 38.1 Å². The van der Waals surface area contributed by atoms with E-state index in [4.69, 9.17) is 4.74 Å². The molecule has 7 heteroatoms. The average molecular weight is 385 g/mol. The number of hydrogen-bond donors (Lipinski definition) is 1. The number of halogens is 1. The summed E-state index contributed by atoms with van der Waals surface area (Å²) in [5.41, 5.74) is 1.25. The van der Waals surface area contributed by atoms with Crippen LogP contribution in [0.1, 0.15) is 20.3 Å². The molecule has 0 saturated carbocycles. The van der Waals surface area contributed by atoms with Gasteiger partial charge in [-0.3, -0.25) is 9.69 Å². The molecule has 3 amide bonds. The molecule has 2 aromatic carbocycles. The lowest BCUT2D eigenvalue weighted by atomic mass is 10.2. The second-order valence-corrected chi connectivity index (χ2v) is 6.51. The van der Waals surface area contributed by atoms with Crippen molar-refractivity contribution in [2.24, 2.45) is 0 Å². The van der Waals surface area contributed by atoms with E-state index in [1.165, 1.54) is 17.0 Å². The van der Waals surface area contributed by atoms with Crippen LogP contribution in [0.5, 0.6) is 5.75 Å². The molecule has 3 rings (SSSR count). The maximum absolute atomic E-state index is 13.4. The first-order chi connectivity index (χ1) is 13.5. The fraction of sp³-hybridized carbons (Fsp3) is 0.333. The minimum Gasteiger partial charge on any atom is -0.494 e. The molecule has 2 aromatic rings. The van der Waals surface area contributed by atoms with E-state index in [2.05, 4.69) is 5.32 Å². The van der Waals surface area contributed by atoms with Gasteiger partial charge in [-0.25, -0.2) is 9.18 Å². The van der Waals surface area contributed by atoms with Gasteiger partial charge in [0.15, 0.2) is 0 Å². The zero-order chi connectivity index (χ0) is 20.1. The minimum absolute atomic E-state index is 0.139. The normalized spacial score (nSPS) is 16.2. The van der Waals surface area contributed by atoms with Gasteiger partial charge in [-0.1, -0.05) is 6.07 Å². The van der Waals surface area contributed by atoms with Gasteiger partial charge in [0, 0.05) is 30.9 Å². The number of rotatable bonds is 6. The summed E-state index contributed by atoms with van der Waals surface area (Å²) in [5.74, 6) is 0.209. The number of carbonyl (C=O) groups excluding carboxylic acids is 2. The van der Waals surface area contributed by atoms with Crippen molar-refractivity contribution in [3.63, 3.8) is 0 Å². The number of benzene rings is 2. The molecule has 1 saturated heterocycles. The zero-order valence-corrected chi connectivity index (χ0v) is 16.0. The molecule has 0 unspecified atom stereocenters. The quantitative estimate of drug-likeness (QED) is 0.827. The van der Waals surface area contributed by atoms with Crippen LogP contribution in [0.25, 0.3) is 0 Å². The smallest absolute Gasteiger partial charge is 0.322 e. The van der Waals surface area contributed by atoms with E-state index in [1.54, 1.807) is 17.0 Å². The SMILES string of the molecule is CCOc1ccc(N(CC)C(=O)N[C@@H]2CC(=O)N(c3cccc(F)c3)C2)cc1. The minimum atomic E-state index is -0.398. The fourth-order valence-electron chi connectivity index (χ4n) is 3.28. The van der Waals surface area contributed by atoms with Gasteiger partial charge >= 0.3 is 6.03 Å². The Morgan fingerprint density at radius 3 is 2.64 bits per heavy atom. The Balaban J connectivity index is 1.65. The van der Waals surface area contributed by atoms with Crippen molar-refractivity contribution < 1.29 is 18.7 Å². The average Bonchev–Trinajstić information content (AvgIpc) is 3.04. The van der Waals surface area contributed by atoms with Gasteiger partial charge in [0.25, 0.3) is 0 Å². The summed E-state index contributed by atoms with van der Waals surface area (Å²) < 4.78 is 18.9. The Labute approximate surface area is 163 Å². The van der Waals surface area contributed by atoms with E-state index in [0.29, 0.717) is 25.4 Å². The molecule has 0 radical (unpaired) electrons. The predicted octanol–water partition coefficient (Wildman–Crippen LogP) is 3.57.